The van der Waals surface area contributed by atoms with E-state index in [1.165, 1.54) is 11.3 Å². The maximum atomic E-state index is 11.5. The van der Waals surface area contributed by atoms with Gasteiger partial charge in [0.05, 0.1) is 0 Å². The third-order valence-electron chi connectivity index (χ3n) is 2.30. The molecule has 0 aliphatic heterocycles. The third-order valence-corrected chi connectivity index (χ3v) is 3.79. The fourth-order valence-electron chi connectivity index (χ4n) is 1.63. The Morgan fingerprint density at radius 3 is 2.67 bits per heavy atom. The van der Waals surface area contributed by atoms with Gasteiger partial charge in [0.25, 0.3) is 15.2 Å². The molecule has 0 unspecified atom stereocenters. The van der Waals surface area contributed by atoms with Crippen molar-refractivity contribution in [2.75, 3.05) is 0 Å². The molecule has 0 aliphatic carbocycles. The quantitative estimate of drug-likeness (QED) is 0.917. The maximum absolute atomic E-state index is 11.5. The zero-order valence-corrected chi connectivity index (χ0v) is 11.7. The van der Waals surface area contributed by atoms with E-state index < -0.39 is 10.0 Å². The second kappa shape index (κ2) is 4.79. The average Bonchev–Trinajstić information content (AvgIpc) is 2.81. The van der Waals surface area contributed by atoms with Crippen LogP contribution in [0.2, 0.25) is 0 Å². The van der Waals surface area contributed by atoms with Gasteiger partial charge >= 0.3 is 0 Å². The van der Waals surface area contributed by atoms with Crippen molar-refractivity contribution in [3.63, 3.8) is 0 Å². The Morgan fingerprint density at radius 1 is 1.44 bits per heavy atom. The summed E-state index contributed by atoms with van der Waals surface area (Å²) in [4.78, 5) is 0. The van der Waals surface area contributed by atoms with E-state index in [-0.39, 0.29) is 11.1 Å². The van der Waals surface area contributed by atoms with E-state index in [0.29, 0.717) is 12.4 Å². The van der Waals surface area contributed by atoms with Crippen LogP contribution in [-0.2, 0) is 16.6 Å². The van der Waals surface area contributed by atoms with Crippen molar-refractivity contribution in [2.45, 2.75) is 25.5 Å². The van der Waals surface area contributed by atoms with Crippen molar-refractivity contribution in [2.24, 2.45) is 11.1 Å². The van der Waals surface area contributed by atoms with Gasteiger partial charge in [0.1, 0.15) is 0 Å². The molecule has 6 nitrogen and oxygen atoms in total. The van der Waals surface area contributed by atoms with E-state index in [1.54, 1.807) is 4.57 Å². The second-order valence-electron chi connectivity index (χ2n) is 4.37. The number of rotatable bonds is 4. The molecule has 2 N–H and O–H groups in total. The maximum Gasteiger partial charge on any atom is 0.273 e. The van der Waals surface area contributed by atoms with Crippen molar-refractivity contribution >= 4 is 21.4 Å². The van der Waals surface area contributed by atoms with Gasteiger partial charge in [-0.05, 0) is 17.4 Å². The van der Waals surface area contributed by atoms with Gasteiger partial charge in [0.2, 0.25) is 0 Å². The van der Waals surface area contributed by atoms with Crippen LogP contribution < -0.4 is 5.14 Å². The van der Waals surface area contributed by atoms with Crippen LogP contribution >= 0.6 is 11.3 Å². The zero-order chi connectivity index (χ0) is 13.3. The Balaban J connectivity index is 2.58. The molecule has 0 bridgehead atoms. The molecule has 0 radical (unpaired) electrons. The Labute approximate surface area is 110 Å². The third kappa shape index (κ3) is 2.60. The molecule has 0 aliphatic rings. The van der Waals surface area contributed by atoms with Gasteiger partial charge in [0.15, 0.2) is 5.82 Å². The molecule has 0 aromatic carbocycles. The second-order valence-corrected chi connectivity index (χ2v) is 6.60. The molecular formula is C10H14N4O2S2. The van der Waals surface area contributed by atoms with Crippen LogP contribution in [0.5, 0.6) is 0 Å². The number of sulfonamides is 1. The van der Waals surface area contributed by atoms with Gasteiger partial charge in [-0.1, -0.05) is 13.8 Å². The van der Waals surface area contributed by atoms with Crippen molar-refractivity contribution in [1.82, 2.24) is 14.8 Å². The van der Waals surface area contributed by atoms with E-state index >= 15 is 0 Å². The number of hydrogen-bond acceptors (Lipinski definition) is 5. The lowest BCUT2D eigenvalue weighted by atomic mass is 10.2. The van der Waals surface area contributed by atoms with E-state index in [4.69, 9.17) is 5.14 Å². The molecule has 2 heterocycles. The van der Waals surface area contributed by atoms with E-state index in [9.17, 15) is 8.42 Å². The molecular weight excluding hydrogens is 272 g/mol. The molecule has 0 spiro atoms. The summed E-state index contributed by atoms with van der Waals surface area (Å²) in [5.74, 6) is 0.799. The molecule has 0 amide bonds. The first-order valence-electron chi connectivity index (χ1n) is 5.38. The molecule has 2 rings (SSSR count). The summed E-state index contributed by atoms with van der Waals surface area (Å²) < 4.78 is 24.5. The summed E-state index contributed by atoms with van der Waals surface area (Å²) in [5, 5.41) is 16.4. The highest BCUT2D eigenvalue weighted by molar-refractivity contribution is 7.89. The molecule has 18 heavy (non-hydrogen) atoms. The smallest absolute Gasteiger partial charge is 0.273 e. The van der Waals surface area contributed by atoms with Crippen molar-refractivity contribution in [3.05, 3.63) is 16.8 Å². The van der Waals surface area contributed by atoms with Gasteiger partial charge in [-0.15, -0.1) is 10.2 Å². The van der Waals surface area contributed by atoms with E-state index in [2.05, 4.69) is 10.2 Å². The Kier molecular flexibility index (Phi) is 3.51. The summed E-state index contributed by atoms with van der Waals surface area (Å²) >= 11 is 1.52. The Hall–Kier alpha value is -1.25. The minimum Gasteiger partial charge on any atom is -0.296 e. The highest BCUT2D eigenvalue weighted by Gasteiger charge is 2.22. The highest BCUT2D eigenvalue weighted by Crippen LogP contribution is 2.23. The number of primary sulfonamides is 1. The number of aromatic nitrogens is 3. The fraction of sp³-hybridized carbons (Fsp3) is 0.400. The summed E-state index contributed by atoms with van der Waals surface area (Å²) in [6, 6.07) is 1.87. The largest absolute Gasteiger partial charge is 0.296 e. The molecule has 0 saturated carbocycles. The number of hydrogen-bond donors (Lipinski definition) is 1. The van der Waals surface area contributed by atoms with Gasteiger partial charge in [-0.3, -0.25) is 4.57 Å². The topological polar surface area (TPSA) is 90.9 Å². The first-order valence-corrected chi connectivity index (χ1v) is 7.87. The molecule has 0 fully saturated rings. The van der Waals surface area contributed by atoms with Gasteiger partial charge < -0.3 is 0 Å². The van der Waals surface area contributed by atoms with E-state index in [0.717, 1.165) is 5.56 Å². The van der Waals surface area contributed by atoms with Crippen LogP contribution in [0.25, 0.3) is 11.4 Å². The van der Waals surface area contributed by atoms with Gasteiger partial charge in [0, 0.05) is 17.5 Å². The lowest BCUT2D eigenvalue weighted by Gasteiger charge is -2.10. The predicted octanol–water partition coefficient (Wildman–Crippen LogP) is 1.31. The Morgan fingerprint density at radius 2 is 2.17 bits per heavy atom. The van der Waals surface area contributed by atoms with Crippen molar-refractivity contribution in [3.8, 4) is 11.4 Å². The normalized spacial score (nSPS) is 12.2. The van der Waals surface area contributed by atoms with Crippen LogP contribution in [0, 0.1) is 5.92 Å². The highest BCUT2D eigenvalue weighted by atomic mass is 32.2. The van der Waals surface area contributed by atoms with Gasteiger partial charge in [-0.25, -0.2) is 13.6 Å². The van der Waals surface area contributed by atoms with Crippen LogP contribution in [0.15, 0.2) is 22.0 Å². The molecule has 2 aromatic heterocycles. The summed E-state index contributed by atoms with van der Waals surface area (Å²) in [7, 11) is -3.86. The predicted molar refractivity (Wildman–Crippen MR) is 69.5 cm³/mol. The van der Waals surface area contributed by atoms with Crippen LogP contribution in [0.1, 0.15) is 13.8 Å². The van der Waals surface area contributed by atoms with Crippen molar-refractivity contribution < 1.29 is 8.42 Å². The summed E-state index contributed by atoms with van der Waals surface area (Å²) in [5.41, 5.74) is 0.850. The number of nitrogens with zero attached hydrogens (tertiary/aromatic N) is 3. The standard InChI is InChI=1S/C10H14N4O2S2/c1-7(2)5-14-9(8-3-4-17-6-8)12-13-10(14)18(11,15)16/h3-4,6-7H,5H2,1-2H3,(H2,11,15,16). The first kappa shape index (κ1) is 13.2. The van der Waals surface area contributed by atoms with Crippen LogP contribution in [0.3, 0.4) is 0 Å². The first-order chi connectivity index (χ1) is 8.39. The molecule has 2 aromatic rings. The lowest BCUT2D eigenvalue weighted by molar-refractivity contribution is 0.486. The fourth-order valence-corrected chi connectivity index (χ4v) is 2.89. The van der Waals surface area contributed by atoms with Crippen LogP contribution in [-0.4, -0.2) is 23.2 Å². The van der Waals surface area contributed by atoms with Crippen molar-refractivity contribution in [1.29, 1.82) is 0 Å². The SMILES string of the molecule is CC(C)Cn1c(-c2ccsc2)nnc1S(N)(=O)=O. The zero-order valence-electron chi connectivity index (χ0n) is 10.1. The lowest BCUT2D eigenvalue weighted by Crippen LogP contribution is -2.20. The van der Waals surface area contributed by atoms with Gasteiger partial charge in [-0.2, -0.15) is 11.3 Å². The molecule has 0 atom stereocenters. The molecule has 8 heteroatoms. The molecule has 98 valence electrons. The monoisotopic (exact) mass is 286 g/mol. The Bertz CT molecular complexity index is 629. The minimum absolute atomic E-state index is 0.183. The minimum atomic E-state index is -3.86. The number of nitrogens with two attached hydrogens (primary N) is 1. The molecule has 0 saturated heterocycles. The summed E-state index contributed by atoms with van der Waals surface area (Å²) in [6.07, 6.45) is 0. The number of thiophene rings is 1. The average molecular weight is 286 g/mol. The van der Waals surface area contributed by atoms with Crippen LogP contribution in [0.4, 0.5) is 0 Å². The van der Waals surface area contributed by atoms with E-state index in [1.807, 2.05) is 30.7 Å². The summed E-state index contributed by atoms with van der Waals surface area (Å²) in [6.45, 7) is 4.48.